The lowest BCUT2D eigenvalue weighted by molar-refractivity contribution is -0.120. The summed E-state index contributed by atoms with van der Waals surface area (Å²) in [5, 5.41) is 3.17. The van der Waals surface area contributed by atoms with Crippen molar-refractivity contribution in [3.05, 3.63) is 83.0 Å². The van der Waals surface area contributed by atoms with E-state index >= 15 is 0 Å². The van der Waals surface area contributed by atoms with E-state index in [1.165, 1.54) is 17.4 Å². The average Bonchev–Trinajstić information content (AvgIpc) is 3.05. The van der Waals surface area contributed by atoms with Crippen molar-refractivity contribution >= 4 is 17.2 Å². The summed E-state index contributed by atoms with van der Waals surface area (Å²) in [6.45, 7) is 0.488. The number of halogens is 1. The lowest BCUT2D eigenvalue weighted by atomic mass is 10.1. The summed E-state index contributed by atoms with van der Waals surface area (Å²) in [6.07, 6.45) is 0. The van der Waals surface area contributed by atoms with Crippen LogP contribution in [0.2, 0.25) is 0 Å². The molecule has 0 spiro atoms. The van der Waals surface area contributed by atoms with Gasteiger partial charge in [0.1, 0.15) is 11.9 Å². The number of rotatable bonds is 6. The molecule has 1 amide bonds. The van der Waals surface area contributed by atoms with E-state index < -0.39 is 11.9 Å². The fraction of sp³-hybridized carbons (Fsp3) is 0.105. The van der Waals surface area contributed by atoms with Crippen LogP contribution in [0.15, 0.2) is 66.7 Å². The van der Waals surface area contributed by atoms with Crippen molar-refractivity contribution in [2.75, 3.05) is 0 Å². The fourth-order valence-electron chi connectivity index (χ4n) is 2.51. The Morgan fingerprint density at radius 3 is 2.46 bits per heavy atom. The topological polar surface area (TPSA) is 55.1 Å². The highest BCUT2D eigenvalue weighted by Gasteiger charge is 2.17. The Labute approximate surface area is 143 Å². The predicted molar refractivity (Wildman–Crippen MR) is 94.9 cm³/mol. The Morgan fingerprint density at radius 1 is 1.04 bits per heavy atom. The highest BCUT2D eigenvalue weighted by molar-refractivity contribution is 7.15. The highest BCUT2D eigenvalue weighted by Crippen LogP contribution is 2.30. The highest BCUT2D eigenvalue weighted by atomic mass is 32.1. The molecule has 0 radical (unpaired) electrons. The van der Waals surface area contributed by atoms with Crippen LogP contribution in [0.5, 0.6) is 0 Å². The van der Waals surface area contributed by atoms with Crippen LogP contribution in [-0.4, -0.2) is 5.91 Å². The maximum atomic E-state index is 13.9. The van der Waals surface area contributed by atoms with Gasteiger partial charge in [0.05, 0.1) is 0 Å². The number of hydrogen-bond acceptors (Lipinski definition) is 3. The number of primary amides is 1. The zero-order valence-electron chi connectivity index (χ0n) is 12.9. The first-order valence-corrected chi connectivity index (χ1v) is 8.38. The van der Waals surface area contributed by atoms with Crippen LogP contribution in [-0.2, 0) is 11.3 Å². The SMILES string of the molecule is NC(=O)[C@@H](NCc1ccc(-c2ccccc2F)s1)c1ccccc1. The molecule has 0 fully saturated rings. The number of carbonyl (C=O) groups is 1. The van der Waals surface area contributed by atoms with Crippen molar-refractivity contribution in [1.29, 1.82) is 0 Å². The van der Waals surface area contributed by atoms with E-state index in [1.54, 1.807) is 12.1 Å². The number of benzene rings is 2. The smallest absolute Gasteiger partial charge is 0.239 e. The largest absolute Gasteiger partial charge is 0.368 e. The van der Waals surface area contributed by atoms with Gasteiger partial charge in [-0.1, -0.05) is 48.5 Å². The Balaban J connectivity index is 1.73. The molecule has 0 saturated heterocycles. The van der Waals surface area contributed by atoms with E-state index in [4.69, 9.17) is 5.73 Å². The molecule has 1 heterocycles. The Hall–Kier alpha value is -2.50. The molecule has 0 bridgehead atoms. The number of nitrogens with one attached hydrogen (secondary N) is 1. The first kappa shape index (κ1) is 16.4. The maximum Gasteiger partial charge on any atom is 0.239 e. The number of nitrogens with two attached hydrogens (primary N) is 1. The van der Waals surface area contributed by atoms with Crippen LogP contribution >= 0.6 is 11.3 Å². The third-order valence-electron chi connectivity index (χ3n) is 3.70. The predicted octanol–water partition coefficient (Wildman–Crippen LogP) is 3.87. The van der Waals surface area contributed by atoms with Gasteiger partial charge in [-0.3, -0.25) is 10.1 Å². The van der Waals surface area contributed by atoms with Crippen LogP contribution in [0.3, 0.4) is 0 Å². The normalized spacial score (nSPS) is 12.0. The molecule has 5 heteroatoms. The van der Waals surface area contributed by atoms with E-state index in [0.717, 1.165) is 15.3 Å². The van der Waals surface area contributed by atoms with Gasteiger partial charge in [-0.15, -0.1) is 11.3 Å². The third kappa shape index (κ3) is 3.69. The summed E-state index contributed by atoms with van der Waals surface area (Å²) in [5.41, 5.74) is 6.92. The Bertz CT molecular complexity index is 832. The summed E-state index contributed by atoms with van der Waals surface area (Å²) < 4.78 is 13.9. The van der Waals surface area contributed by atoms with Crippen LogP contribution in [0.25, 0.3) is 10.4 Å². The molecule has 24 heavy (non-hydrogen) atoms. The monoisotopic (exact) mass is 340 g/mol. The van der Waals surface area contributed by atoms with Gasteiger partial charge in [0.25, 0.3) is 0 Å². The van der Waals surface area contributed by atoms with Crippen molar-refractivity contribution in [3.8, 4) is 10.4 Å². The summed E-state index contributed by atoms with van der Waals surface area (Å²) in [4.78, 5) is 13.6. The van der Waals surface area contributed by atoms with Crippen molar-refractivity contribution in [1.82, 2.24) is 5.32 Å². The molecule has 122 valence electrons. The average molecular weight is 340 g/mol. The van der Waals surface area contributed by atoms with Gasteiger partial charge in [0.2, 0.25) is 5.91 Å². The van der Waals surface area contributed by atoms with Crippen LogP contribution in [0, 0.1) is 5.82 Å². The number of amides is 1. The fourth-order valence-corrected chi connectivity index (χ4v) is 3.50. The molecular formula is C19H17FN2OS. The molecular weight excluding hydrogens is 323 g/mol. The summed E-state index contributed by atoms with van der Waals surface area (Å²) in [7, 11) is 0. The lowest BCUT2D eigenvalue weighted by Gasteiger charge is -2.15. The zero-order chi connectivity index (χ0) is 16.9. The van der Waals surface area contributed by atoms with Gasteiger partial charge in [-0.05, 0) is 23.8 Å². The second-order valence-corrected chi connectivity index (χ2v) is 6.54. The van der Waals surface area contributed by atoms with E-state index in [-0.39, 0.29) is 5.82 Å². The van der Waals surface area contributed by atoms with Crippen molar-refractivity contribution in [3.63, 3.8) is 0 Å². The minimum atomic E-state index is -0.551. The summed E-state index contributed by atoms with van der Waals surface area (Å²) in [6, 6.07) is 19.3. The van der Waals surface area contributed by atoms with Gasteiger partial charge in [0, 0.05) is 21.9 Å². The maximum absolute atomic E-state index is 13.9. The molecule has 0 aliphatic heterocycles. The van der Waals surface area contributed by atoms with Crippen molar-refractivity contribution < 1.29 is 9.18 Å². The molecule has 2 aromatic carbocycles. The van der Waals surface area contributed by atoms with E-state index in [9.17, 15) is 9.18 Å². The van der Waals surface area contributed by atoms with E-state index in [0.29, 0.717) is 12.1 Å². The minimum Gasteiger partial charge on any atom is -0.368 e. The minimum absolute atomic E-state index is 0.238. The molecule has 1 aromatic heterocycles. The van der Waals surface area contributed by atoms with Crippen LogP contribution in [0.4, 0.5) is 4.39 Å². The first-order valence-electron chi connectivity index (χ1n) is 7.56. The summed E-state index contributed by atoms with van der Waals surface area (Å²) >= 11 is 1.49. The standard InChI is InChI=1S/C19H17FN2OS/c20-16-9-5-4-8-15(16)17-11-10-14(24-17)12-22-18(19(21)23)13-6-2-1-3-7-13/h1-11,18,22H,12H2,(H2,21,23)/t18-/m0/s1. The molecule has 0 saturated carbocycles. The molecule has 1 atom stereocenters. The van der Waals surface area contributed by atoms with Crippen LogP contribution in [0.1, 0.15) is 16.5 Å². The van der Waals surface area contributed by atoms with Gasteiger partial charge in [-0.25, -0.2) is 4.39 Å². The van der Waals surface area contributed by atoms with E-state index in [1.807, 2.05) is 48.5 Å². The molecule has 0 aliphatic carbocycles. The van der Waals surface area contributed by atoms with Crippen molar-refractivity contribution in [2.24, 2.45) is 5.73 Å². The molecule has 0 aliphatic rings. The lowest BCUT2D eigenvalue weighted by Crippen LogP contribution is -2.33. The second-order valence-electron chi connectivity index (χ2n) is 5.37. The van der Waals surface area contributed by atoms with Gasteiger partial charge >= 0.3 is 0 Å². The Kier molecular flexibility index (Phi) is 5.03. The molecule has 3 nitrogen and oxygen atoms in total. The molecule has 0 unspecified atom stereocenters. The first-order chi connectivity index (χ1) is 11.6. The Morgan fingerprint density at radius 2 is 1.75 bits per heavy atom. The zero-order valence-corrected chi connectivity index (χ0v) is 13.7. The van der Waals surface area contributed by atoms with Gasteiger partial charge in [-0.2, -0.15) is 0 Å². The third-order valence-corrected chi connectivity index (χ3v) is 4.82. The quantitative estimate of drug-likeness (QED) is 0.716. The second kappa shape index (κ2) is 7.38. The molecule has 3 aromatic rings. The van der Waals surface area contributed by atoms with Gasteiger partial charge < -0.3 is 5.73 Å². The number of thiophene rings is 1. The summed E-state index contributed by atoms with van der Waals surface area (Å²) in [5.74, 6) is -0.662. The van der Waals surface area contributed by atoms with Crippen LogP contribution < -0.4 is 11.1 Å². The molecule has 3 rings (SSSR count). The van der Waals surface area contributed by atoms with Gasteiger partial charge in [0.15, 0.2) is 0 Å². The number of hydrogen-bond donors (Lipinski definition) is 2. The van der Waals surface area contributed by atoms with E-state index in [2.05, 4.69) is 5.32 Å². The molecule has 3 N–H and O–H groups in total. The number of carbonyl (C=O) groups excluding carboxylic acids is 1. The van der Waals surface area contributed by atoms with Crippen molar-refractivity contribution in [2.45, 2.75) is 12.6 Å².